The first-order chi connectivity index (χ1) is 14.5. The lowest BCUT2D eigenvalue weighted by atomic mass is 9.95. The van der Waals surface area contributed by atoms with Crippen molar-refractivity contribution in [2.45, 2.75) is 63.2 Å². The molecular formula is C22H34ClN3O4S. The molecule has 0 unspecified atom stereocenters. The third-order valence-electron chi connectivity index (χ3n) is 6.25. The monoisotopic (exact) mass is 471 g/mol. The zero-order valence-corrected chi connectivity index (χ0v) is 20.4. The van der Waals surface area contributed by atoms with Gasteiger partial charge in [-0.1, -0.05) is 11.6 Å². The molecule has 2 saturated heterocycles. The number of nitrogens with zero attached hydrogens (tertiary/aromatic N) is 2. The van der Waals surface area contributed by atoms with Crippen LogP contribution in [-0.2, 0) is 19.6 Å². The molecule has 9 heteroatoms. The van der Waals surface area contributed by atoms with Gasteiger partial charge < -0.3 is 10.1 Å². The van der Waals surface area contributed by atoms with Crippen molar-refractivity contribution in [1.82, 2.24) is 14.5 Å². The van der Waals surface area contributed by atoms with Crippen LogP contribution in [0.3, 0.4) is 0 Å². The molecule has 1 amide bonds. The van der Waals surface area contributed by atoms with Crippen LogP contribution >= 0.6 is 11.6 Å². The molecule has 2 fully saturated rings. The van der Waals surface area contributed by atoms with E-state index in [4.69, 9.17) is 16.3 Å². The van der Waals surface area contributed by atoms with Gasteiger partial charge in [0.2, 0.25) is 15.9 Å². The first-order valence-corrected chi connectivity index (χ1v) is 12.7. The molecule has 3 rings (SSSR count). The third kappa shape index (κ3) is 5.99. The number of hydrogen-bond acceptors (Lipinski definition) is 5. The van der Waals surface area contributed by atoms with E-state index < -0.39 is 10.0 Å². The van der Waals surface area contributed by atoms with Crippen molar-refractivity contribution >= 4 is 27.5 Å². The van der Waals surface area contributed by atoms with E-state index in [1.54, 1.807) is 12.1 Å². The van der Waals surface area contributed by atoms with Crippen molar-refractivity contribution in [1.29, 1.82) is 0 Å². The van der Waals surface area contributed by atoms with Gasteiger partial charge in [0, 0.05) is 49.2 Å². The smallest absolute Gasteiger partial charge is 0.243 e. The second-order valence-corrected chi connectivity index (χ2v) is 11.7. The molecule has 174 valence electrons. The number of rotatable bonds is 6. The van der Waals surface area contributed by atoms with E-state index in [0.717, 1.165) is 13.1 Å². The van der Waals surface area contributed by atoms with Crippen molar-refractivity contribution in [3.63, 3.8) is 0 Å². The lowest BCUT2D eigenvalue weighted by Crippen LogP contribution is -2.59. The SMILES string of the molecule is C[C@H]1CN(C(C)(C)CNC(=O)C2CCN(S(=O)(=O)c3ccc(Cl)cc3)CC2)C[C@H](C)O1. The Labute approximate surface area is 191 Å². The molecule has 2 heterocycles. The summed E-state index contributed by atoms with van der Waals surface area (Å²) in [5.74, 6) is -0.166. The lowest BCUT2D eigenvalue weighted by molar-refractivity contribution is -0.127. The van der Waals surface area contributed by atoms with Crippen molar-refractivity contribution in [2.24, 2.45) is 5.92 Å². The van der Waals surface area contributed by atoms with Gasteiger partial charge in [0.25, 0.3) is 0 Å². The quantitative estimate of drug-likeness (QED) is 0.690. The zero-order valence-electron chi connectivity index (χ0n) is 18.8. The minimum atomic E-state index is -3.56. The summed E-state index contributed by atoms with van der Waals surface area (Å²) in [5, 5.41) is 3.61. The number of benzene rings is 1. The summed E-state index contributed by atoms with van der Waals surface area (Å²) in [7, 11) is -3.56. The Bertz CT molecular complexity index is 857. The summed E-state index contributed by atoms with van der Waals surface area (Å²) >= 11 is 5.86. The summed E-state index contributed by atoms with van der Waals surface area (Å²) < 4.78 is 32.9. The Morgan fingerprint density at radius 2 is 1.68 bits per heavy atom. The summed E-state index contributed by atoms with van der Waals surface area (Å²) in [6.45, 7) is 11.3. The molecule has 0 spiro atoms. The van der Waals surface area contributed by atoms with Crippen LogP contribution in [0, 0.1) is 5.92 Å². The van der Waals surface area contributed by atoms with E-state index in [0.29, 0.717) is 37.5 Å². The number of hydrogen-bond donors (Lipinski definition) is 1. The molecule has 31 heavy (non-hydrogen) atoms. The maximum absolute atomic E-state index is 12.8. The molecule has 1 aromatic carbocycles. The fourth-order valence-corrected chi connectivity index (χ4v) is 5.94. The topological polar surface area (TPSA) is 79.0 Å². The Morgan fingerprint density at radius 3 is 2.23 bits per heavy atom. The largest absolute Gasteiger partial charge is 0.373 e. The molecule has 0 aromatic heterocycles. The summed E-state index contributed by atoms with van der Waals surface area (Å²) in [5.41, 5.74) is -0.180. The number of nitrogens with one attached hydrogen (secondary N) is 1. The summed E-state index contributed by atoms with van der Waals surface area (Å²) in [6, 6.07) is 6.19. The predicted octanol–water partition coefficient (Wildman–Crippen LogP) is 2.74. The van der Waals surface area contributed by atoms with Gasteiger partial charge in [-0.05, 0) is 64.8 Å². The fourth-order valence-electron chi connectivity index (χ4n) is 4.35. The minimum absolute atomic E-state index is 0.00553. The highest BCUT2D eigenvalue weighted by Crippen LogP contribution is 2.25. The molecule has 0 bridgehead atoms. The van der Waals surface area contributed by atoms with Crippen LogP contribution < -0.4 is 5.32 Å². The van der Waals surface area contributed by atoms with Gasteiger partial charge in [-0.25, -0.2) is 8.42 Å². The van der Waals surface area contributed by atoms with E-state index in [1.807, 2.05) is 0 Å². The molecule has 0 aliphatic carbocycles. The standard InChI is InChI=1S/C22H34ClN3O4S/c1-16-13-25(14-17(2)30-16)22(3,4)15-24-21(27)18-9-11-26(12-10-18)31(28,29)20-7-5-19(23)6-8-20/h5-8,16-18H,9-15H2,1-4H3,(H,24,27)/t16-,17-/m0/s1. The van der Waals surface area contributed by atoms with Gasteiger partial charge in [-0.2, -0.15) is 4.31 Å². The van der Waals surface area contributed by atoms with E-state index in [-0.39, 0.29) is 34.5 Å². The number of carbonyl (C=O) groups excluding carboxylic acids is 1. The van der Waals surface area contributed by atoms with E-state index in [9.17, 15) is 13.2 Å². The molecule has 2 atom stereocenters. The number of sulfonamides is 1. The lowest BCUT2D eigenvalue weighted by Gasteiger charge is -2.45. The second-order valence-electron chi connectivity index (χ2n) is 9.32. The highest BCUT2D eigenvalue weighted by molar-refractivity contribution is 7.89. The number of ether oxygens (including phenoxy) is 1. The number of amides is 1. The van der Waals surface area contributed by atoms with Crippen molar-refractivity contribution in [3.8, 4) is 0 Å². The number of halogens is 1. The van der Waals surface area contributed by atoms with Gasteiger partial charge in [0.1, 0.15) is 0 Å². The van der Waals surface area contributed by atoms with Crippen molar-refractivity contribution in [2.75, 3.05) is 32.7 Å². The Hall–Kier alpha value is -1.19. The number of carbonyl (C=O) groups is 1. The highest BCUT2D eigenvalue weighted by atomic mass is 35.5. The van der Waals surface area contributed by atoms with E-state index in [2.05, 4.69) is 37.9 Å². The van der Waals surface area contributed by atoms with Gasteiger partial charge >= 0.3 is 0 Å². The predicted molar refractivity (Wildman–Crippen MR) is 122 cm³/mol. The summed E-state index contributed by atoms with van der Waals surface area (Å²) in [4.78, 5) is 15.4. The van der Waals surface area contributed by atoms with Crippen LogP contribution in [0.2, 0.25) is 5.02 Å². The average molecular weight is 472 g/mol. The van der Waals surface area contributed by atoms with Crippen LogP contribution in [0.1, 0.15) is 40.5 Å². The van der Waals surface area contributed by atoms with Crippen LogP contribution in [0.4, 0.5) is 0 Å². The second kappa shape index (κ2) is 9.75. The molecule has 1 N–H and O–H groups in total. The minimum Gasteiger partial charge on any atom is -0.373 e. The number of piperidine rings is 1. The van der Waals surface area contributed by atoms with Gasteiger partial charge in [-0.15, -0.1) is 0 Å². The molecule has 7 nitrogen and oxygen atoms in total. The van der Waals surface area contributed by atoms with Crippen LogP contribution in [0.15, 0.2) is 29.2 Å². The molecular weight excluding hydrogens is 438 g/mol. The Morgan fingerprint density at radius 1 is 1.13 bits per heavy atom. The van der Waals surface area contributed by atoms with E-state index in [1.165, 1.54) is 16.4 Å². The van der Waals surface area contributed by atoms with Gasteiger partial charge in [0.05, 0.1) is 17.1 Å². The molecule has 0 saturated carbocycles. The first-order valence-electron chi connectivity index (χ1n) is 10.9. The highest BCUT2D eigenvalue weighted by Gasteiger charge is 2.35. The van der Waals surface area contributed by atoms with Gasteiger partial charge in [-0.3, -0.25) is 9.69 Å². The summed E-state index contributed by atoms with van der Waals surface area (Å²) in [6.07, 6.45) is 1.38. The average Bonchev–Trinajstić information content (AvgIpc) is 2.72. The maximum atomic E-state index is 12.8. The Kier molecular flexibility index (Phi) is 7.69. The van der Waals surface area contributed by atoms with Crippen LogP contribution in [0.5, 0.6) is 0 Å². The molecule has 1 aromatic rings. The van der Waals surface area contributed by atoms with Crippen molar-refractivity contribution < 1.29 is 17.9 Å². The maximum Gasteiger partial charge on any atom is 0.243 e. The normalized spacial score (nSPS) is 24.8. The van der Waals surface area contributed by atoms with Gasteiger partial charge in [0.15, 0.2) is 0 Å². The van der Waals surface area contributed by atoms with Crippen LogP contribution in [-0.4, -0.2) is 74.0 Å². The Balaban J connectivity index is 1.51. The third-order valence-corrected chi connectivity index (χ3v) is 8.41. The first kappa shape index (κ1) is 24.5. The molecule has 2 aliphatic rings. The zero-order chi connectivity index (χ0) is 22.8. The fraction of sp³-hybridized carbons (Fsp3) is 0.682. The molecule has 0 radical (unpaired) electrons. The van der Waals surface area contributed by atoms with Crippen molar-refractivity contribution in [3.05, 3.63) is 29.3 Å². The number of morpholine rings is 1. The van der Waals surface area contributed by atoms with E-state index >= 15 is 0 Å². The van der Waals surface area contributed by atoms with Crippen LogP contribution in [0.25, 0.3) is 0 Å². The molecule has 2 aliphatic heterocycles.